The number of carbonyl (C=O) groups excluding carboxylic acids is 1. The van der Waals surface area contributed by atoms with Crippen molar-refractivity contribution in [2.24, 2.45) is 0 Å². The number of pyridine rings is 1. The standard InChI is InChI=1S/C18H22N4O/c23-18(21-11-9-19-10-12-21)15-22(17-6-2-1-3-7-17)14-16-5-4-8-20-13-16/h1-8,13,19H,9-12,14-15H2. The van der Waals surface area contributed by atoms with Crippen LogP contribution in [0.3, 0.4) is 0 Å². The van der Waals surface area contributed by atoms with Crippen molar-refractivity contribution in [3.05, 3.63) is 60.4 Å². The summed E-state index contributed by atoms with van der Waals surface area (Å²) in [4.78, 5) is 20.8. The van der Waals surface area contributed by atoms with Crippen LogP contribution in [-0.2, 0) is 11.3 Å². The number of anilines is 1. The molecule has 1 fully saturated rings. The molecule has 0 saturated carbocycles. The van der Waals surface area contributed by atoms with E-state index < -0.39 is 0 Å². The Hall–Kier alpha value is -2.40. The number of rotatable bonds is 5. The smallest absolute Gasteiger partial charge is 0.242 e. The summed E-state index contributed by atoms with van der Waals surface area (Å²) in [5, 5.41) is 3.28. The monoisotopic (exact) mass is 310 g/mol. The summed E-state index contributed by atoms with van der Waals surface area (Å²) in [6, 6.07) is 14.0. The Morgan fingerprint density at radius 1 is 1.13 bits per heavy atom. The van der Waals surface area contributed by atoms with Crippen LogP contribution in [0, 0.1) is 0 Å². The van der Waals surface area contributed by atoms with E-state index in [0.717, 1.165) is 37.4 Å². The molecule has 2 aromatic rings. The fourth-order valence-corrected chi connectivity index (χ4v) is 2.77. The van der Waals surface area contributed by atoms with Gasteiger partial charge >= 0.3 is 0 Å². The number of hydrogen-bond donors (Lipinski definition) is 1. The molecular formula is C18H22N4O. The Labute approximate surface area is 136 Å². The highest BCUT2D eigenvalue weighted by atomic mass is 16.2. The molecule has 1 aromatic heterocycles. The Bertz CT molecular complexity index is 611. The lowest BCUT2D eigenvalue weighted by molar-refractivity contribution is -0.130. The third-order valence-corrected chi connectivity index (χ3v) is 4.01. The molecule has 1 aliphatic heterocycles. The van der Waals surface area contributed by atoms with Crippen molar-refractivity contribution >= 4 is 11.6 Å². The number of piperazine rings is 1. The van der Waals surface area contributed by atoms with E-state index in [-0.39, 0.29) is 5.91 Å². The maximum atomic E-state index is 12.6. The van der Waals surface area contributed by atoms with E-state index in [1.165, 1.54) is 0 Å². The van der Waals surface area contributed by atoms with Gasteiger partial charge in [0.15, 0.2) is 0 Å². The van der Waals surface area contributed by atoms with Gasteiger partial charge in [0.1, 0.15) is 0 Å². The molecule has 1 amide bonds. The van der Waals surface area contributed by atoms with Crippen LogP contribution in [0.1, 0.15) is 5.56 Å². The molecule has 0 atom stereocenters. The van der Waals surface area contributed by atoms with Crippen molar-refractivity contribution in [1.82, 2.24) is 15.2 Å². The van der Waals surface area contributed by atoms with Gasteiger partial charge in [0.05, 0.1) is 6.54 Å². The summed E-state index contributed by atoms with van der Waals surface area (Å²) < 4.78 is 0. The zero-order valence-corrected chi connectivity index (χ0v) is 13.2. The number of para-hydroxylation sites is 1. The Kier molecular flexibility index (Phi) is 5.21. The molecule has 0 radical (unpaired) electrons. The lowest BCUT2D eigenvalue weighted by Gasteiger charge is -2.31. The molecule has 5 nitrogen and oxygen atoms in total. The highest BCUT2D eigenvalue weighted by molar-refractivity contribution is 5.81. The van der Waals surface area contributed by atoms with Crippen LogP contribution in [0.5, 0.6) is 0 Å². The quantitative estimate of drug-likeness (QED) is 0.910. The van der Waals surface area contributed by atoms with Crippen molar-refractivity contribution in [3.8, 4) is 0 Å². The maximum absolute atomic E-state index is 12.6. The first-order valence-corrected chi connectivity index (χ1v) is 8.00. The molecule has 1 aliphatic rings. The van der Waals surface area contributed by atoms with E-state index >= 15 is 0 Å². The van der Waals surface area contributed by atoms with Gasteiger partial charge in [-0.05, 0) is 23.8 Å². The predicted octanol–water partition coefficient (Wildman–Crippen LogP) is 1.52. The predicted molar refractivity (Wildman–Crippen MR) is 91.2 cm³/mol. The molecule has 3 rings (SSSR count). The van der Waals surface area contributed by atoms with Crippen LogP contribution < -0.4 is 10.2 Å². The molecule has 0 spiro atoms. The van der Waals surface area contributed by atoms with Gasteiger partial charge in [-0.3, -0.25) is 9.78 Å². The summed E-state index contributed by atoms with van der Waals surface area (Å²) in [6.45, 7) is 4.39. The van der Waals surface area contributed by atoms with E-state index in [0.29, 0.717) is 13.1 Å². The molecule has 0 unspecified atom stereocenters. The SMILES string of the molecule is O=C(CN(Cc1cccnc1)c1ccccc1)N1CCNCC1. The molecule has 1 N–H and O–H groups in total. The van der Waals surface area contributed by atoms with Crippen LogP contribution in [0.15, 0.2) is 54.9 Å². The second-order valence-corrected chi connectivity index (χ2v) is 5.68. The molecular weight excluding hydrogens is 288 g/mol. The number of carbonyl (C=O) groups is 1. The minimum atomic E-state index is 0.180. The third kappa shape index (κ3) is 4.29. The van der Waals surface area contributed by atoms with Crippen molar-refractivity contribution in [2.75, 3.05) is 37.6 Å². The second-order valence-electron chi connectivity index (χ2n) is 5.68. The first-order chi connectivity index (χ1) is 11.3. The topological polar surface area (TPSA) is 48.5 Å². The van der Waals surface area contributed by atoms with Gasteiger partial charge in [0, 0.05) is 50.8 Å². The van der Waals surface area contributed by atoms with E-state index in [9.17, 15) is 4.79 Å². The number of aromatic nitrogens is 1. The van der Waals surface area contributed by atoms with E-state index in [2.05, 4.69) is 15.2 Å². The highest BCUT2D eigenvalue weighted by Gasteiger charge is 2.19. The van der Waals surface area contributed by atoms with E-state index in [1.807, 2.05) is 53.6 Å². The first kappa shape index (κ1) is 15.5. The van der Waals surface area contributed by atoms with Gasteiger partial charge in [-0.25, -0.2) is 0 Å². The van der Waals surface area contributed by atoms with Gasteiger partial charge < -0.3 is 15.1 Å². The van der Waals surface area contributed by atoms with Gasteiger partial charge in [-0.1, -0.05) is 24.3 Å². The molecule has 120 valence electrons. The fourth-order valence-electron chi connectivity index (χ4n) is 2.77. The molecule has 1 saturated heterocycles. The van der Waals surface area contributed by atoms with Crippen molar-refractivity contribution < 1.29 is 4.79 Å². The summed E-state index contributed by atoms with van der Waals surface area (Å²) in [7, 11) is 0. The van der Waals surface area contributed by atoms with Gasteiger partial charge in [-0.2, -0.15) is 0 Å². The largest absolute Gasteiger partial charge is 0.358 e. The van der Waals surface area contributed by atoms with Crippen molar-refractivity contribution in [1.29, 1.82) is 0 Å². The summed E-state index contributed by atoms with van der Waals surface area (Å²) >= 11 is 0. The minimum Gasteiger partial charge on any atom is -0.358 e. The van der Waals surface area contributed by atoms with Crippen LogP contribution in [-0.4, -0.2) is 48.5 Å². The number of amides is 1. The summed E-state index contributed by atoms with van der Waals surface area (Å²) in [5.41, 5.74) is 2.16. The zero-order valence-electron chi connectivity index (χ0n) is 13.2. The van der Waals surface area contributed by atoms with Crippen LogP contribution in [0.4, 0.5) is 5.69 Å². The van der Waals surface area contributed by atoms with Crippen LogP contribution >= 0.6 is 0 Å². The Morgan fingerprint density at radius 3 is 2.61 bits per heavy atom. The number of benzene rings is 1. The van der Waals surface area contributed by atoms with Gasteiger partial charge in [0.25, 0.3) is 0 Å². The maximum Gasteiger partial charge on any atom is 0.242 e. The van der Waals surface area contributed by atoms with Crippen LogP contribution in [0.25, 0.3) is 0 Å². The zero-order chi connectivity index (χ0) is 15.9. The lowest BCUT2D eigenvalue weighted by atomic mass is 10.2. The molecule has 1 aromatic carbocycles. The normalized spacial score (nSPS) is 14.5. The van der Waals surface area contributed by atoms with Gasteiger partial charge in [0.2, 0.25) is 5.91 Å². The first-order valence-electron chi connectivity index (χ1n) is 8.00. The van der Waals surface area contributed by atoms with Gasteiger partial charge in [-0.15, -0.1) is 0 Å². The van der Waals surface area contributed by atoms with Crippen LogP contribution in [0.2, 0.25) is 0 Å². The van der Waals surface area contributed by atoms with E-state index in [1.54, 1.807) is 6.20 Å². The molecule has 23 heavy (non-hydrogen) atoms. The molecule has 5 heteroatoms. The third-order valence-electron chi connectivity index (χ3n) is 4.01. The molecule has 0 bridgehead atoms. The Morgan fingerprint density at radius 2 is 1.91 bits per heavy atom. The number of nitrogens with zero attached hydrogens (tertiary/aromatic N) is 3. The Balaban J connectivity index is 1.73. The lowest BCUT2D eigenvalue weighted by Crippen LogP contribution is -2.49. The molecule has 2 heterocycles. The highest BCUT2D eigenvalue weighted by Crippen LogP contribution is 2.16. The minimum absolute atomic E-state index is 0.180. The molecule has 0 aliphatic carbocycles. The number of nitrogens with one attached hydrogen (secondary N) is 1. The summed E-state index contributed by atoms with van der Waals surface area (Å²) in [5.74, 6) is 0.180. The van der Waals surface area contributed by atoms with E-state index in [4.69, 9.17) is 0 Å². The van der Waals surface area contributed by atoms with Crippen molar-refractivity contribution in [3.63, 3.8) is 0 Å². The fraction of sp³-hybridized carbons (Fsp3) is 0.333. The summed E-state index contributed by atoms with van der Waals surface area (Å²) in [6.07, 6.45) is 3.62. The second kappa shape index (κ2) is 7.74. The average molecular weight is 310 g/mol. The van der Waals surface area contributed by atoms with Crippen molar-refractivity contribution in [2.45, 2.75) is 6.54 Å². The number of hydrogen-bond acceptors (Lipinski definition) is 4. The average Bonchev–Trinajstić information content (AvgIpc) is 2.63.